The summed E-state index contributed by atoms with van der Waals surface area (Å²) >= 11 is 3.83. The monoisotopic (exact) mass is 534 g/mol. The minimum absolute atomic E-state index is 0.425. The second kappa shape index (κ2) is 6.76. The zero-order valence-electron chi connectivity index (χ0n) is 19.7. The molecule has 0 unspecified atom stereocenters. The molecule has 0 radical (unpaired) electrons. The van der Waals surface area contributed by atoms with Gasteiger partial charge in [0.15, 0.2) is 0 Å². The van der Waals surface area contributed by atoms with E-state index >= 15 is 0 Å². The van der Waals surface area contributed by atoms with Crippen LogP contribution in [0.15, 0.2) is 120 Å². The number of hydrogen-bond donors (Lipinski definition) is 0. The lowest BCUT2D eigenvalue weighted by molar-refractivity contribution is 0.752. The van der Waals surface area contributed by atoms with Gasteiger partial charge in [0.1, 0.15) is 5.82 Å². The highest BCUT2D eigenvalue weighted by Crippen LogP contribution is 2.66. The van der Waals surface area contributed by atoms with Crippen molar-refractivity contribution in [2.75, 3.05) is 4.90 Å². The zero-order chi connectivity index (χ0) is 24.3. The number of rotatable bonds is 0. The lowest BCUT2D eigenvalue weighted by Gasteiger charge is -2.47. The molecule has 0 bridgehead atoms. The predicted octanol–water partition coefficient (Wildman–Crippen LogP) is 9.12. The van der Waals surface area contributed by atoms with Crippen molar-refractivity contribution in [1.29, 1.82) is 0 Å². The molecule has 3 heteroatoms. The van der Waals surface area contributed by atoms with Gasteiger partial charge in [0.25, 0.3) is 0 Å². The van der Waals surface area contributed by atoms with Crippen molar-refractivity contribution in [2.24, 2.45) is 0 Å². The maximum atomic E-state index is 4.97. The lowest BCUT2D eigenvalue weighted by Crippen LogP contribution is -2.37. The summed E-state index contributed by atoms with van der Waals surface area (Å²) < 4.78 is 1.08. The molecule has 0 saturated carbocycles. The van der Waals surface area contributed by atoms with Crippen LogP contribution in [0.1, 0.15) is 22.3 Å². The lowest BCUT2D eigenvalue weighted by atomic mass is 9.63. The van der Waals surface area contributed by atoms with E-state index < -0.39 is 5.41 Å². The second-order valence-corrected chi connectivity index (χ2v) is 11.0. The highest BCUT2D eigenvalue weighted by atomic mass is 79.9. The Morgan fingerprint density at radius 1 is 0.595 bits per heavy atom. The first kappa shape index (κ1) is 19.9. The summed E-state index contributed by atoms with van der Waals surface area (Å²) in [5, 5.41) is 2.56. The van der Waals surface area contributed by atoms with Crippen molar-refractivity contribution in [3.63, 3.8) is 0 Å². The standard InChI is InChI=1S/C34H19BrN2/c35-21-15-17-30-29(19-21)34(26-12-3-1-8-22(26)23-9-2-4-13-27(23)34)28-16-14-20-7-5-10-24-25-11-6-18-36-33(25)37(30)32(28)31(20)24/h1-19H. The Kier molecular flexibility index (Phi) is 3.64. The largest absolute Gasteiger partial charge is 0.293 e. The summed E-state index contributed by atoms with van der Waals surface area (Å²) in [7, 11) is 0. The van der Waals surface area contributed by atoms with Crippen LogP contribution in [0.2, 0.25) is 0 Å². The Morgan fingerprint density at radius 2 is 1.32 bits per heavy atom. The molecule has 37 heavy (non-hydrogen) atoms. The quantitative estimate of drug-likeness (QED) is 0.193. The van der Waals surface area contributed by atoms with E-state index in [1.807, 2.05) is 12.3 Å². The average molecular weight is 535 g/mol. The summed E-state index contributed by atoms with van der Waals surface area (Å²) in [6.07, 6.45) is 1.91. The van der Waals surface area contributed by atoms with Crippen LogP contribution < -0.4 is 4.90 Å². The molecule has 2 aliphatic heterocycles. The number of hydrogen-bond acceptors (Lipinski definition) is 2. The van der Waals surface area contributed by atoms with Crippen molar-refractivity contribution in [1.82, 2.24) is 4.98 Å². The molecule has 6 aromatic rings. The molecule has 1 aliphatic carbocycles. The molecule has 3 aliphatic rings. The van der Waals surface area contributed by atoms with Crippen molar-refractivity contribution in [3.05, 3.63) is 142 Å². The molecule has 0 atom stereocenters. The first-order chi connectivity index (χ1) is 18.3. The van der Waals surface area contributed by atoms with Gasteiger partial charge in [-0.3, -0.25) is 4.90 Å². The van der Waals surface area contributed by atoms with Crippen LogP contribution in [-0.4, -0.2) is 4.98 Å². The van der Waals surface area contributed by atoms with Gasteiger partial charge in [0.05, 0.1) is 16.8 Å². The molecule has 1 spiro atoms. The summed E-state index contributed by atoms with van der Waals surface area (Å²) in [5.74, 6) is 0.993. The van der Waals surface area contributed by atoms with Crippen LogP contribution in [0, 0.1) is 0 Å². The molecule has 2 nitrogen and oxygen atoms in total. The molecule has 172 valence electrons. The number of fused-ring (bicyclic) bond motifs is 12. The second-order valence-electron chi connectivity index (χ2n) is 10.1. The van der Waals surface area contributed by atoms with Gasteiger partial charge < -0.3 is 0 Å². The number of pyridine rings is 1. The van der Waals surface area contributed by atoms with Gasteiger partial charge in [-0.1, -0.05) is 94.8 Å². The Balaban J connectivity index is 1.57. The Bertz CT molecular complexity index is 1930. The number of aromatic nitrogens is 1. The molecule has 0 saturated heterocycles. The molecule has 3 heterocycles. The summed E-state index contributed by atoms with van der Waals surface area (Å²) in [4.78, 5) is 7.38. The Hall–Kier alpha value is -4.21. The van der Waals surface area contributed by atoms with Crippen LogP contribution in [0.4, 0.5) is 17.2 Å². The fourth-order valence-corrected chi connectivity index (χ4v) is 7.57. The van der Waals surface area contributed by atoms with Crippen LogP contribution in [0.25, 0.3) is 33.0 Å². The smallest absolute Gasteiger partial charge is 0.145 e. The highest BCUT2D eigenvalue weighted by molar-refractivity contribution is 9.10. The molecular formula is C34H19BrN2. The van der Waals surface area contributed by atoms with E-state index in [1.165, 1.54) is 66.7 Å². The first-order valence-electron chi connectivity index (χ1n) is 12.6. The number of nitrogens with zero attached hydrogens (tertiary/aromatic N) is 2. The molecule has 0 fully saturated rings. The predicted molar refractivity (Wildman–Crippen MR) is 154 cm³/mol. The minimum Gasteiger partial charge on any atom is -0.293 e. The van der Waals surface area contributed by atoms with E-state index in [4.69, 9.17) is 4.98 Å². The molecule has 0 N–H and O–H groups in total. The fraction of sp³-hybridized carbons (Fsp3) is 0.0294. The number of halogens is 1. The van der Waals surface area contributed by atoms with Crippen LogP contribution in [0.5, 0.6) is 0 Å². The van der Waals surface area contributed by atoms with E-state index in [2.05, 4.69) is 124 Å². The SMILES string of the molecule is Brc1ccc2c(c1)C1(c3ccccc3-c3ccccc31)c1ccc3cccc4c3c1N2c1ncccc1-4. The van der Waals surface area contributed by atoms with Crippen LogP contribution >= 0.6 is 15.9 Å². The summed E-state index contributed by atoms with van der Waals surface area (Å²) in [5.41, 5.74) is 12.3. The summed E-state index contributed by atoms with van der Waals surface area (Å²) in [6.45, 7) is 0. The van der Waals surface area contributed by atoms with Crippen molar-refractivity contribution < 1.29 is 0 Å². The van der Waals surface area contributed by atoms with Gasteiger partial charge in [-0.2, -0.15) is 0 Å². The van der Waals surface area contributed by atoms with E-state index in [0.717, 1.165) is 10.3 Å². The van der Waals surface area contributed by atoms with E-state index in [1.54, 1.807) is 0 Å². The molecule has 0 amide bonds. The van der Waals surface area contributed by atoms with E-state index in [9.17, 15) is 0 Å². The third-order valence-electron chi connectivity index (χ3n) is 8.49. The maximum absolute atomic E-state index is 4.97. The molecule has 9 rings (SSSR count). The average Bonchev–Trinajstić information content (AvgIpc) is 3.24. The van der Waals surface area contributed by atoms with Crippen molar-refractivity contribution >= 4 is 43.9 Å². The van der Waals surface area contributed by atoms with Gasteiger partial charge >= 0.3 is 0 Å². The van der Waals surface area contributed by atoms with Gasteiger partial charge in [-0.15, -0.1) is 0 Å². The zero-order valence-corrected chi connectivity index (χ0v) is 21.3. The third-order valence-corrected chi connectivity index (χ3v) is 8.98. The Morgan fingerprint density at radius 3 is 2.14 bits per heavy atom. The Labute approximate surface area is 223 Å². The molecule has 1 aromatic heterocycles. The van der Waals surface area contributed by atoms with Gasteiger partial charge in [0, 0.05) is 21.6 Å². The van der Waals surface area contributed by atoms with Crippen molar-refractivity contribution in [3.8, 4) is 22.3 Å². The topological polar surface area (TPSA) is 16.1 Å². The summed E-state index contributed by atoms with van der Waals surface area (Å²) in [6, 6.07) is 40.2. The molecule has 5 aromatic carbocycles. The minimum atomic E-state index is -0.425. The molecular weight excluding hydrogens is 516 g/mol. The number of anilines is 3. The van der Waals surface area contributed by atoms with Gasteiger partial charge in [-0.05, 0) is 74.7 Å². The normalized spacial score (nSPS) is 14.8. The van der Waals surface area contributed by atoms with Crippen LogP contribution in [0.3, 0.4) is 0 Å². The third kappa shape index (κ3) is 2.22. The van der Waals surface area contributed by atoms with E-state index in [-0.39, 0.29) is 0 Å². The highest BCUT2D eigenvalue weighted by Gasteiger charge is 2.53. The fourth-order valence-electron chi connectivity index (χ4n) is 7.21. The van der Waals surface area contributed by atoms with Gasteiger partial charge in [0.2, 0.25) is 0 Å². The first-order valence-corrected chi connectivity index (χ1v) is 13.4. The number of benzene rings is 5. The van der Waals surface area contributed by atoms with Crippen molar-refractivity contribution in [2.45, 2.75) is 5.41 Å². The van der Waals surface area contributed by atoms with E-state index in [0.29, 0.717) is 0 Å². The van der Waals surface area contributed by atoms with Gasteiger partial charge in [-0.25, -0.2) is 4.98 Å². The maximum Gasteiger partial charge on any atom is 0.145 e. The van der Waals surface area contributed by atoms with Crippen LogP contribution in [-0.2, 0) is 5.41 Å².